The van der Waals surface area contributed by atoms with Crippen LogP contribution in [0.1, 0.15) is 31.7 Å². The molecule has 0 amide bonds. The molecule has 2 rings (SSSR count). The lowest BCUT2D eigenvalue weighted by molar-refractivity contribution is 0.270. The maximum atomic E-state index is 6.04. The van der Waals surface area contributed by atoms with Crippen LogP contribution in [0.15, 0.2) is 24.3 Å². The molecule has 0 aliphatic carbocycles. The molecule has 1 aliphatic heterocycles. The first kappa shape index (κ1) is 13.9. The predicted octanol–water partition coefficient (Wildman–Crippen LogP) is 3.11. The van der Waals surface area contributed by atoms with Gasteiger partial charge in [0.1, 0.15) is 0 Å². The largest absolute Gasteiger partial charge is 0.330 e. The van der Waals surface area contributed by atoms with Crippen LogP contribution in [0.4, 0.5) is 0 Å². The van der Waals surface area contributed by atoms with Crippen molar-refractivity contribution >= 4 is 11.6 Å². The Morgan fingerprint density at radius 3 is 2.89 bits per heavy atom. The van der Waals surface area contributed by atoms with Crippen molar-refractivity contribution in [1.29, 1.82) is 0 Å². The number of nitrogens with zero attached hydrogens (tertiary/aromatic N) is 1. The van der Waals surface area contributed by atoms with Crippen molar-refractivity contribution in [3.05, 3.63) is 34.9 Å². The van der Waals surface area contributed by atoms with Gasteiger partial charge >= 0.3 is 0 Å². The fourth-order valence-electron chi connectivity index (χ4n) is 2.75. The SMILES string of the molecule is CC(CN1CCC(C)(CN)C1)c1cccc(Cl)c1. The molecular weight excluding hydrogens is 244 g/mol. The summed E-state index contributed by atoms with van der Waals surface area (Å²) in [5.41, 5.74) is 7.48. The van der Waals surface area contributed by atoms with Gasteiger partial charge in [-0.3, -0.25) is 0 Å². The summed E-state index contributed by atoms with van der Waals surface area (Å²) in [6, 6.07) is 8.19. The number of hydrogen-bond acceptors (Lipinski definition) is 2. The van der Waals surface area contributed by atoms with Crippen molar-refractivity contribution in [2.24, 2.45) is 11.1 Å². The van der Waals surface area contributed by atoms with Crippen LogP contribution in [0.3, 0.4) is 0 Å². The van der Waals surface area contributed by atoms with Gasteiger partial charge < -0.3 is 10.6 Å². The third-order valence-corrected chi connectivity index (χ3v) is 4.31. The smallest absolute Gasteiger partial charge is 0.0408 e. The first-order chi connectivity index (χ1) is 8.52. The summed E-state index contributed by atoms with van der Waals surface area (Å²) in [7, 11) is 0. The molecule has 1 heterocycles. The standard InChI is InChI=1S/C15H23ClN2/c1-12(13-4-3-5-14(16)8-13)9-18-7-6-15(2,10-17)11-18/h3-5,8,12H,6-7,9-11,17H2,1-2H3. The molecule has 100 valence electrons. The summed E-state index contributed by atoms with van der Waals surface area (Å²) in [5, 5.41) is 0.826. The summed E-state index contributed by atoms with van der Waals surface area (Å²) in [5.74, 6) is 0.517. The van der Waals surface area contributed by atoms with E-state index in [9.17, 15) is 0 Å². The first-order valence-electron chi connectivity index (χ1n) is 6.70. The molecule has 3 heteroatoms. The van der Waals surface area contributed by atoms with Gasteiger partial charge in [0.15, 0.2) is 0 Å². The Kier molecular flexibility index (Phi) is 4.31. The minimum atomic E-state index is 0.314. The molecule has 0 spiro atoms. The second kappa shape index (κ2) is 5.60. The van der Waals surface area contributed by atoms with Gasteiger partial charge in [0.05, 0.1) is 0 Å². The maximum Gasteiger partial charge on any atom is 0.0408 e. The molecule has 0 radical (unpaired) electrons. The highest BCUT2D eigenvalue weighted by Gasteiger charge is 2.32. The van der Waals surface area contributed by atoms with Crippen LogP contribution in [0.5, 0.6) is 0 Å². The van der Waals surface area contributed by atoms with E-state index in [-0.39, 0.29) is 0 Å². The number of likely N-dealkylation sites (tertiary alicyclic amines) is 1. The summed E-state index contributed by atoms with van der Waals surface area (Å²) < 4.78 is 0. The molecule has 0 aromatic heterocycles. The van der Waals surface area contributed by atoms with E-state index in [0.717, 1.165) is 24.7 Å². The second-order valence-electron chi connectivity index (χ2n) is 5.96. The van der Waals surface area contributed by atoms with Crippen molar-refractivity contribution in [1.82, 2.24) is 4.90 Å². The van der Waals surface area contributed by atoms with Crippen molar-refractivity contribution in [2.75, 3.05) is 26.2 Å². The van der Waals surface area contributed by atoms with E-state index in [4.69, 9.17) is 17.3 Å². The fraction of sp³-hybridized carbons (Fsp3) is 0.600. The van der Waals surface area contributed by atoms with Crippen LogP contribution in [0.2, 0.25) is 5.02 Å². The lowest BCUT2D eigenvalue weighted by Crippen LogP contribution is -2.32. The van der Waals surface area contributed by atoms with Crippen molar-refractivity contribution in [3.63, 3.8) is 0 Å². The zero-order chi connectivity index (χ0) is 13.2. The number of hydrogen-bond donors (Lipinski definition) is 1. The van der Waals surface area contributed by atoms with Gasteiger partial charge in [0, 0.05) is 18.1 Å². The molecule has 1 saturated heterocycles. The van der Waals surface area contributed by atoms with Gasteiger partial charge in [-0.2, -0.15) is 0 Å². The van der Waals surface area contributed by atoms with Crippen LogP contribution in [-0.2, 0) is 0 Å². The predicted molar refractivity (Wildman–Crippen MR) is 78.1 cm³/mol. The highest BCUT2D eigenvalue weighted by molar-refractivity contribution is 6.30. The van der Waals surface area contributed by atoms with Gasteiger partial charge in [0.25, 0.3) is 0 Å². The van der Waals surface area contributed by atoms with Crippen LogP contribution < -0.4 is 5.73 Å². The zero-order valence-corrected chi connectivity index (χ0v) is 12.1. The Bertz CT molecular complexity index is 407. The molecule has 2 unspecified atom stereocenters. The summed E-state index contributed by atoms with van der Waals surface area (Å²) >= 11 is 6.04. The Labute approximate surface area is 115 Å². The first-order valence-corrected chi connectivity index (χ1v) is 7.08. The van der Waals surface area contributed by atoms with Gasteiger partial charge in [0.2, 0.25) is 0 Å². The highest BCUT2D eigenvalue weighted by Crippen LogP contribution is 2.30. The molecular formula is C15H23ClN2. The summed E-state index contributed by atoms with van der Waals surface area (Å²) in [6.45, 7) is 8.72. The maximum absolute atomic E-state index is 6.04. The Hall–Kier alpha value is -0.570. The monoisotopic (exact) mass is 266 g/mol. The van der Waals surface area contributed by atoms with E-state index in [1.54, 1.807) is 0 Å². The molecule has 0 saturated carbocycles. The molecule has 1 aromatic rings. The average Bonchev–Trinajstić information content (AvgIpc) is 2.72. The number of rotatable bonds is 4. The van der Waals surface area contributed by atoms with E-state index in [2.05, 4.69) is 30.9 Å². The van der Waals surface area contributed by atoms with Crippen molar-refractivity contribution in [3.8, 4) is 0 Å². The quantitative estimate of drug-likeness (QED) is 0.907. The third kappa shape index (κ3) is 3.25. The zero-order valence-electron chi connectivity index (χ0n) is 11.3. The second-order valence-corrected chi connectivity index (χ2v) is 6.39. The molecule has 0 bridgehead atoms. The van der Waals surface area contributed by atoms with E-state index >= 15 is 0 Å². The van der Waals surface area contributed by atoms with E-state index in [0.29, 0.717) is 11.3 Å². The Morgan fingerprint density at radius 2 is 2.28 bits per heavy atom. The van der Waals surface area contributed by atoms with Crippen LogP contribution in [0, 0.1) is 5.41 Å². The van der Waals surface area contributed by atoms with Crippen LogP contribution in [-0.4, -0.2) is 31.1 Å². The molecule has 2 N–H and O–H groups in total. The van der Waals surface area contributed by atoms with Crippen LogP contribution in [0.25, 0.3) is 0 Å². The van der Waals surface area contributed by atoms with Gasteiger partial charge in [-0.1, -0.05) is 37.6 Å². The minimum Gasteiger partial charge on any atom is -0.330 e. The Balaban J connectivity index is 1.95. The van der Waals surface area contributed by atoms with Gasteiger partial charge in [-0.05, 0) is 48.5 Å². The van der Waals surface area contributed by atoms with Crippen molar-refractivity contribution < 1.29 is 0 Å². The number of benzene rings is 1. The normalized spacial score (nSPS) is 26.4. The highest BCUT2D eigenvalue weighted by atomic mass is 35.5. The number of nitrogens with two attached hydrogens (primary N) is 1. The van der Waals surface area contributed by atoms with Crippen LogP contribution >= 0.6 is 11.6 Å². The van der Waals surface area contributed by atoms with E-state index in [1.807, 2.05) is 12.1 Å². The third-order valence-electron chi connectivity index (χ3n) is 4.08. The molecule has 1 aromatic carbocycles. The van der Waals surface area contributed by atoms with Gasteiger partial charge in [-0.25, -0.2) is 0 Å². The molecule has 2 atom stereocenters. The fourth-order valence-corrected chi connectivity index (χ4v) is 2.95. The summed E-state index contributed by atoms with van der Waals surface area (Å²) in [6.07, 6.45) is 1.21. The lowest BCUT2D eigenvalue weighted by atomic mass is 9.90. The molecule has 1 fully saturated rings. The van der Waals surface area contributed by atoms with E-state index in [1.165, 1.54) is 18.5 Å². The van der Waals surface area contributed by atoms with Gasteiger partial charge in [-0.15, -0.1) is 0 Å². The minimum absolute atomic E-state index is 0.314. The molecule has 2 nitrogen and oxygen atoms in total. The Morgan fingerprint density at radius 1 is 1.50 bits per heavy atom. The summed E-state index contributed by atoms with van der Waals surface area (Å²) in [4.78, 5) is 2.53. The molecule has 18 heavy (non-hydrogen) atoms. The molecule has 1 aliphatic rings. The average molecular weight is 267 g/mol. The van der Waals surface area contributed by atoms with Crippen molar-refractivity contribution in [2.45, 2.75) is 26.2 Å². The number of halogens is 1. The lowest BCUT2D eigenvalue weighted by Gasteiger charge is -2.25. The van der Waals surface area contributed by atoms with E-state index < -0.39 is 0 Å². The topological polar surface area (TPSA) is 29.3 Å².